The fourth-order valence-corrected chi connectivity index (χ4v) is 0.675. The highest BCUT2D eigenvalue weighted by molar-refractivity contribution is 6.29. The largest absolute Gasteiger partial charge is 0.333 e. The van der Waals surface area contributed by atoms with Gasteiger partial charge in [0, 0.05) is 6.42 Å². The zero-order valence-corrected chi connectivity index (χ0v) is 5.37. The van der Waals surface area contributed by atoms with Crippen LogP contribution in [0, 0.1) is 0 Å². The van der Waals surface area contributed by atoms with E-state index in [1.54, 1.807) is 6.20 Å². The van der Waals surface area contributed by atoms with Gasteiger partial charge < -0.3 is 4.98 Å². The summed E-state index contributed by atoms with van der Waals surface area (Å²) in [6.07, 6.45) is 2.52. The maximum atomic E-state index is 5.52. The number of nitrogens with one attached hydrogen (secondary N) is 1. The Morgan fingerprint density at radius 2 is 2.62 bits per heavy atom. The van der Waals surface area contributed by atoms with Gasteiger partial charge in [-0.2, -0.15) is 0 Å². The molecule has 8 heavy (non-hydrogen) atoms. The molecule has 0 spiro atoms. The molecule has 0 bridgehead atoms. The van der Waals surface area contributed by atoms with Gasteiger partial charge in [-0.15, -0.1) is 0 Å². The van der Waals surface area contributed by atoms with Crippen molar-refractivity contribution in [2.45, 2.75) is 13.3 Å². The molecule has 0 fully saturated rings. The first kappa shape index (κ1) is 5.63. The van der Waals surface area contributed by atoms with Gasteiger partial charge in [-0.3, -0.25) is 0 Å². The van der Waals surface area contributed by atoms with Crippen molar-refractivity contribution in [2.75, 3.05) is 0 Å². The normalized spacial score (nSPS) is 9.75. The number of halogens is 1. The van der Waals surface area contributed by atoms with Crippen molar-refractivity contribution in [1.29, 1.82) is 0 Å². The summed E-state index contributed by atoms with van der Waals surface area (Å²) in [5.74, 6) is 0.940. The van der Waals surface area contributed by atoms with Crippen LogP contribution in [0.25, 0.3) is 0 Å². The zero-order chi connectivity index (χ0) is 5.98. The standard InChI is InChI=1S/C5H7ClN2/c1-2-5-7-3-4(6)8-5/h3H,2H2,1H3,(H,7,8). The molecule has 0 saturated heterocycles. The first-order valence-corrected chi connectivity index (χ1v) is 2.90. The zero-order valence-electron chi connectivity index (χ0n) is 4.61. The second-order valence-corrected chi connectivity index (χ2v) is 1.94. The summed E-state index contributed by atoms with van der Waals surface area (Å²) in [7, 11) is 0. The SMILES string of the molecule is CCc1ncc(Cl)[nH]1. The summed E-state index contributed by atoms with van der Waals surface area (Å²) >= 11 is 5.52. The van der Waals surface area contributed by atoms with Crippen molar-refractivity contribution in [1.82, 2.24) is 9.97 Å². The highest BCUT2D eigenvalue weighted by Crippen LogP contribution is 2.02. The molecule has 2 nitrogen and oxygen atoms in total. The molecule has 1 aromatic rings. The predicted octanol–water partition coefficient (Wildman–Crippen LogP) is 1.63. The monoisotopic (exact) mass is 130 g/mol. The van der Waals surface area contributed by atoms with Crippen molar-refractivity contribution in [3.05, 3.63) is 17.2 Å². The van der Waals surface area contributed by atoms with E-state index in [0.29, 0.717) is 5.15 Å². The number of aromatic amines is 1. The van der Waals surface area contributed by atoms with Crippen LogP contribution in [0.15, 0.2) is 6.20 Å². The number of imidazole rings is 1. The Labute approximate surface area is 52.9 Å². The average molecular weight is 131 g/mol. The molecular formula is C5H7ClN2. The summed E-state index contributed by atoms with van der Waals surface area (Å²) in [5.41, 5.74) is 0. The number of H-pyrrole nitrogens is 1. The van der Waals surface area contributed by atoms with Crippen LogP contribution < -0.4 is 0 Å². The lowest BCUT2D eigenvalue weighted by molar-refractivity contribution is 0.990. The summed E-state index contributed by atoms with van der Waals surface area (Å²) in [6, 6.07) is 0. The number of hydrogen-bond acceptors (Lipinski definition) is 1. The van der Waals surface area contributed by atoms with E-state index in [2.05, 4.69) is 9.97 Å². The quantitative estimate of drug-likeness (QED) is 0.615. The maximum absolute atomic E-state index is 5.52. The summed E-state index contributed by atoms with van der Waals surface area (Å²) < 4.78 is 0. The van der Waals surface area contributed by atoms with Crippen LogP contribution in [0.4, 0.5) is 0 Å². The van der Waals surface area contributed by atoms with E-state index in [-0.39, 0.29) is 0 Å². The Kier molecular flexibility index (Phi) is 1.53. The molecule has 0 aromatic carbocycles. The Balaban J connectivity index is 2.84. The molecule has 1 rings (SSSR count). The molecule has 0 aliphatic carbocycles. The number of hydrogen-bond donors (Lipinski definition) is 1. The van der Waals surface area contributed by atoms with Crippen LogP contribution in [0.5, 0.6) is 0 Å². The summed E-state index contributed by atoms with van der Waals surface area (Å²) in [5, 5.41) is 0.613. The molecule has 44 valence electrons. The minimum atomic E-state index is 0.613. The minimum absolute atomic E-state index is 0.613. The predicted molar refractivity (Wildman–Crippen MR) is 33.0 cm³/mol. The maximum Gasteiger partial charge on any atom is 0.126 e. The van der Waals surface area contributed by atoms with E-state index in [1.165, 1.54) is 0 Å². The second kappa shape index (κ2) is 2.18. The lowest BCUT2D eigenvalue weighted by Crippen LogP contribution is -1.79. The van der Waals surface area contributed by atoms with Gasteiger partial charge in [0.25, 0.3) is 0 Å². The van der Waals surface area contributed by atoms with Crippen molar-refractivity contribution >= 4 is 11.6 Å². The van der Waals surface area contributed by atoms with Gasteiger partial charge in [0.1, 0.15) is 11.0 Å². The topological polar surface area (TPSA) is 28.7 Å². The fourth-order valence-electron chi connectivity index (χ4n) is 0.517. The van der Waals surface area contributed by atoms with Gasteiger partial charge in [-0.05, 0) is 0 Å². The molecule has 0 aliphatic rings. The Hall–Kier alpha value is -0.500. The van der Waals surface area contributed by atoms with Crippen LogP contribution in [-0.4, -0.2) is 9.97 Å². The Bertz CT molecular complexity index is 171. The molecule has 1 heterocycles. The molecule has 1 aromatic heterocycles. The van der Waals surface area contributed by atoms with Crippen LogP contribution in [0.3, 0.4) is 0 Å². The fraction of sp³-hybridized carbons (Fsp3) is 0.400. The molecule has 3 heteroatoms. The van der Waals surface area contributed by atoms with E-state index < -0.39 is 0 Å². The van der Waals surface area contributed by atoms with Crippen molar-refractivity contribution < 1.29 is 0 Å². The molecule has 0 saturated carbocycles. The number of nitrogens with zero attached hydrogens (tertiary/aromatic N) is 1. The van der Waals surface area contributed by atoms with E-state index in [4.69, 9.17) is 11.6 Å². The first-order chi connectivity index (χ1) is 3.83. The lowest BCUT2D eigenvalue weighted by atomic mass is 10.5. The van der Waals surface area contributed by atoms with Crippen LogP contribution in [0.2, 0.25) is 5.15 Å². The molecule has 0 unspecified atom stereocenters. The molecule has 1 N–H and O–H groups in total. The van der Waals surface area contributed by atoms with Gasteiger partial charge >= 0.3 is 0 Å². The molecule has 0 atom stereocenters. The van der Waals surface area contributed by atoms with Crippen molar-refractivity contribution in [3.63, 3.8) is 0 Å². The number of aromatic nitrogens is 2. The Morgan fingerprint density at radius 3 is 2.88 bits per heavy atom. The molecule has 0 amide bonds. The van der Waals surface area contributed by atoms with Gasteiger partial charge in [0.05, 0.1) is 6.20 Å². The van der Waals surface area contributed by atoms with Crippen molar-refractivity contribution in [3.8, 4) is 0 Å². The second-order valence-electron chi connectivity index (χ2n) is 1.53. The third-order valence-corrected chi connectivity index (χ3v) is 1.12. The first-order valence-electron chi connectivity index (χ1n) is 2.52. The highest BCUT2D eigenvalue weighted by atomic mass is 35.5. The van der Waals surface area contributed by atoms with Gasteiger partial charge in [0.2, 0.25) is 0 Å². The van der Waals surface area contributed by atoms with Crippen LogP contribution in [-0.2, 0) is 6.42 Å². The van der Waals surface area contributed by atoms with E-state index in [1.807, 2.05) is 6.92 Å². The molecule has 0 aliphatic heterocycles. The van der Waals surface area contributed by atoms with Gasteiger partial charge in [0.15, 0.2) is 0 Å². The minimum Gasteiger partial charge on any atom is -0.333 e. The third kappa shape index (κ3) is 1.01. The van der Waals surface area contributed by atoms with Gasteiger partial charge in [-0.1, -0.05) is 18.5 Å². The summed E-state index contributed by atoms with van der Waals surface area (Å²) in [6.45, 7) is 2.02. The number of rotatable bonds is 1. The van der Waals surface area contributed by atoms with Crippen molar-refractivity contribution in [2.24, 2.45) is 0 Å². The van der Waals surface area contributed by atoms with E-state index in [0.717, 1.165) is 12.2 Å². The third-order valence-electron chi connectivity index (χ3n) is 0.932. The Morgan fingerprint density at radius 1 is 1.88 bits per heavy atom. The van der Waals surface area contributed by atoms with E-state index >= 15 is 0 Å². The lowest BCUT2D eigenvalue weighted by Gasteiger charge is -1.81. The van der Waals surface area contributed by atoms with Crippen LogP contribution in [0.1, 0.15) is 12.7 Å². The molecule has 0 radical (unpaired) electrons. The smallest absolute Gasteiger partial charge is 0.126 e. The molecular weight excluding hydrogens is 124 g/mol. The summed E-state index contributed by atoms with van der Waals surface area (Å²) in [4.78, 5) is 6.83. The van der Waals surface area contributed by atoms with E-state index in [9.17, 15) is 0 Å². The van der Waals surface area contributed by atoms with Gasteiger partial charge in [-0.25, -0.2) is 4.98 Å². The van der Waals surface area contributed by atoms with Crippen LogP contribution >= 0.6 is 11.6 Å². The highest BCUT2D eigenvalue weighted by Gasteiger charge is 1.91. The average Bonchev–Trinajstić information content (AvgIpc) is 2.14. The number of aryl methyl sites for hydroxylation is 1.